The third kappa shape index (κ3) is 3.83. The molecule has 0 bridgehead atoms. The van der Waals surface area contributed by atoms with Crippen LogP contribution in [-0.2, 0) is 11.2 Å². The Kier molecular flexibility index (Phi) is 4.23. The molecule has 0 spiro atoms. The van der Waals surface area contributed by atoms with E-state index in [0.29, 0.717) is 11.4 Å². The summed E-state index contributed by atoms with van der Waals surface area (Å²) in [6.07, 6.45) is 0.375. The number of hydrogen-bond donors (Lipinski definition) is 1. The van der Waals surface area contributed by atoms with Crippen molar-refractivity contribution in [2.75, 3.05) is 5.32 Å². The number of anilines is 1. The van der Waals surface area contributed by atoms with Gasteiger partial charge in [0.05, 0.1) is 6.42 Å². The minimum atomic E-state index is -0.0315. The molecular weight excluding hydrogens is 258 g/mol. The molecule has 0 unspecified atom stereocenters. The second-order valence-corrected chi connectivity index (χ2v) is 5.10. The molecule has 2 aromatic rings. The fourth-order valence-electron chi connectivity index (χ4n) is 1.94. The number of nitrogens with one attached hydrogen (secondary N) is 1. The van der Waals surface area contributed by atoms with Gasteiger partial charge in [-0.05, 0) is 43.2 Å². The largest absolute Gasteiger partial charge is 0.326 e. The first-order valence-electron chi connectivity index (χ1n) is 6.16. The Morgan fingerprint density at radius 1 is 1.16 bits per heavy atom. The molecule has 1 amide bonds. The molecular formula is C16H16ClNO. The highest BCUT2D eigenvalue weighted by Gasteiger charge is 2.07. The number of carbonyl (C=O) groups excluding carboxylic acids is 1. The molecule has 3 heteroatoms. The smallest absolute Gasteiger partial charge is 0.228 e. The van der Waals surface area contributed by atoms with Gasteiger partial charge in [-0.3, -0.25) is 4.79 Å². The van der Waals surface area contributed by atoms with Crippen LogP contribution < -0.4 is 5.32 Å². The molecule has 0 heterocycles. The summed E-state index contributed by atoms with van der Waals surface area (Å²) in [7, 11) is 0. The standard InChI is InChI=1S/C16H16ClNO/c1-11-6-7-12(2)13(8-11)9-16(19)18-15-5-3-4-14(17)10-15/h3-8,10H,9H2,1-2H3,(H,18,19). The highest BCUT2D eigenvalue weighted by Crippen LogP contribution is 2.16. The topological polar surface area (TPSA) is 29.1 Å². The van der Waals surface area contributed by atoms with E-state index in [-0.39, 0.29) is 5.91 Å². The number of rotatable bonds is 3. The molecule has 19 heavy (non-hydrogen) atoms. The van der Waals surface area contributed by atoms with E-state index in [2.05, 4.69) is 5.32 Å². The SMILES string of the molecule is Cc1ccc(C)c(CC(=O)Nc2cccc(Cl)c2)c1. The number of benzene rings is 2. The number of halogens is 1. The van der Waals surface area contributed by atoms with Gasteiger partial charge in [0.2, 0.25) is 5.91 Å². The van der Waals surface area contributed by atoms with Gasteiger partial charge in [-0.2, -0.15) is 0 Å². The van der Waals surface area contributed by atoms with Crippen LogP contribution in [0.5, 0.6) is 0 Å². The highest BCUT2D eigenvalue weighted by molar-refractivity contribution is 6.30. The van der Waals surface area contributed by atoms with E-state index in [4.69, 9.17) is 11.6 Å². The molecule has 0 atom stereocenters. The first-order valence-corrected chi connectivity index (χ1v) is 6.54. The Morgan fingerprint density at radius 2 is 1.95 bits per heavy atom. The van der Waals surface area contributed by atoms with Gasteiger partial charge in [0, 0.05) is 10.7 Å². The van der Waals surface area contributed by atoms with Crippen LogP contribution in [0.15, 0.2) is 42.5 Å². The highest BCUT2D eigenvalue weighted by atomic mass is 35.5. The number of amides is 1. The van der Waals surface area contributed by atoms with E-state index in [1.54, 1.807) is 12.1 Å². The van der Waals surface area contributed by atoms with Crippen molar-refractivity contribution in [3.63, 3.8) is 0 Å². The van der Waals surface area contributed by atoms with Crippen molar-refractivity contribution in [1.82, 2.24) is 0 Å². The van der Waals surface area contributed by atoms with E-state index < -0.39 is 0 Å². The maximum atomic E-state index is 12.0. The van der Waals surface area contributed by atoms with Gasteiger partial charge in [0.25, 0.3) is 0 Å². The lowest BCUT2D eigenvalue weighted by Gasteiger charge is -2.08. The van der Waals surface area contributed by atoms with E-state index in [1.165, 1.54) is 0 Å². The Balaban J connectivity index is 2.07. The van der Waals surface area contributed by atoms with Gasteiger partial charge in [-0.25, -0.2) is 0 Å². The van der Waals surface area contributed by atoms with Crippen LogP contribution in [0.4, 0.5) is 5.69 Å². The van der Waals surface area contributed by atoms with Crippen LogP contribution in [-0.4, -0.2) is 5.91 Å². The van der Waals surface area contributed by atoms with Gasteiger partial charge < -0.3 is 5.32 Å². The molecule has 0 radical (unpaired) electrons. The van der Waals surface area contributed by atoms with Crippen molar-refractivity contribution < 1.29 is 4.79 Å². The van der Waals surface area contributed by atoms with Crippen molar-refractivity contribution in [1.29, 1.82) is 0 Å². The van der Waals surface area contributed by atoms with Crippen molar-refractivity contribution in [2.24, 2.45) is 0 Å². The molecule has 0 fully saturated rings. The molecule has 2 aromatic carbocycles. The van der Waals surface area contributed by atoms with Gasteiger partial charge in [-0.1, -0.05) is 41.4 Å². The molecule has 0 aliphatic heterocycles. The third-order valence-electron chi connectivity index (χ3n) is 2.96. The summed E-state index contributed by atoms with van der Waals surface area (Å²) in [5.74, 6) is -0.0315. The summed E-state index contributed by atoms with van der Waals surface area (Å²) in [6, 6.07) is 13.3. The second-order valence-electron chi connectivity index (χ2n) is 4.67. The summed E-state index contributed by atoms with van der Waals surface area (Å²) in [4.78, 5) is 12.0. The Hall–Kier alpha value is -1.80. The maximum Gasteiger partial charge on any atom is 0.228 e. The van der Waals surface area contributed by atoms with E-state index in [9.17, 15) is 4.79 Å². The predicted octanol–water partition coefficient (Wildman–Crippen LogP) is 4.14. The van der Waals surface area contributed by atoms with Crippen molar-refractivity contribution >= 4 is 23.2 Å². The van der Waals surface area contributed by atoms with Crippen LogP contribution >= 0.6 is 11.6 Å². The van der Waals surface area contributed by atoms with Crippen molar-refractivity contribution in [3.05, 3.63) is 64.2 Å². The van der Waals surface area contributed by atoms with Gasteiger partial charge in [-0.15, -0.1) is 0 Å². The van der Waals surface area contributed by atoms with E-state index in [1.807, 2.05) is 44.2 Å². The fourth-order valence-corrected chi connectivity index (χ4v) is 2.13. The van der Waals surface area contributed by atoms with Gasteiger partial charge in [0.1, 0.15) is 0 Å². The predicted molar refractivity (Wildman–Crippen MR) is 79.7 cm³/mol. The van der Waals surface area contributed by atoms with Crippen LogP contribution in [0.25, 0.3) is 0 Å². The third-order valence-corrected chi connectivity index (χ3v) is 3.20. The molecule has 0 saturated heterocycles. The Morgan fingerprint density at radius 3 is 2.68 bits per heavy atom. The molecule has 0 aliphatic carbocycles. The van der Waals surface area contributed by atoms with Crippen LogP contribution in [0.2, 0.25) is 5.02 Å². The van der Waals surface area contributed by atoms with E-state index >= 15 is 0 Å². The summed E-state index contributed by atoms with van der Waals surface area (Å²) < 4.78 is 0. The first-order chi connectivity index (χ1) is 9.04. The fraction of sp³-hybridized carbons (Fsp3) is 0.188. The molecule has 98 valence electrons. The molecule has 2 rings (SSSR count). The monoisotopic (exact) mass is 273 g/mol. The Bertz CT molecular complexity index is 607. The maximum absolute atomic E-state index is 12.0. The van der Waals surface area contributed by atoms with Crippen molar-refractivity contribution in [2.45, 2.75) is 20.3 Å². The lowest BCUT2D eigenvalue weighted by molar-refractivity contribution is -0.115. The lowest BCUT2D eigenvalue weighted by atomic mass is 10.0. The molecule has 0 saturated carbocycles. The van der Waals surface area contributed by atoms with Crippen LogP contribution in [0.1, 0.15) is 16.7 Å². The summed E-state index contributed by atoms with van der Waals surface area (Å²) in [6.45, 7) is 4.04. The average Bonchev–Trinajstić information content (AvgIpc) is 2.34. The van der Waals surface area contributed by atoms with Crippen molar-refractivity contribution in [3.8, 4) is 0 Å². The first kappa shape index (κ1) is 13.6. The lowest BCUT2D eigenvalue weighted by Crippen LogP contribution is -2.15. The number of hydrogen-bond acceptors (Lipinski definition) is 1. The zero-order chi connectivity index (χ0) is 13.8. The normalized spacial score (nSPS) is 10.3. The molecule has 1 N–H and O–H groups in total. The quantitative estimate of drug-likeness (QED) is 0.895. The summed E-state index contributed by atoms with van der Waals surface area (Å²) >= 11 is 5.88. The van der Waals surface area contributed by atoms with Gasteiger partial charge in [0.15, 0.2) is 0 Å². The molecule has 0 aliphatic rings. The summed E-state index contributed by atoms with van der Waals surface area (Å²) in [5, 5.41) is 3.47. The minimum absolute atomic E-state index is 0.0315. The molecule has 2 nitrogen and oxygen atoms in total. The van der Waals surface area contributed by atoms with E-state index in [0.717, 1.165) is 22.4 Å². The van der Waals surface area contributed by atoms with Crippen LogP contribution in [0.3, 0.4) is 0 Å². The zero-order valence-corrected chi connectivity index (χ0v) is 11.8. The minimum Gasteiger partial charge on any atom is -0.326 e. The zero-order valence-electron chi connectivity index (χ0n) is 11.0. The number of aryl methyl sites for hydroxylation is 2. The van der Waals surface area contributed by atoms with Gasteiger partial charge >= 0.3 is 0 Å². The Labute approximate surface area is 118 Å². The summed E-state index contributed by atoms with van der Waals surface area (Å²) in [5.41, 5.74) is 4.07. The second kappa shape index (κ2) is 5.89. The van der Waals surface area contributed by atoms with Crippen LogP contribution in [0, 0.1) is 13.8 Å². The average molecular weight is 274 g/mol. The molecule has 0 aromatic heterocycles. The number of carbonyl (C=O) groups is 1.